The Bertz CT molecular complexity index is 1010. The fourth-order valence-electron chi connectivity index (χ4n) is 2.45. The molecule has 0 aliphatic carbocycles. The molecule has 10 nitrogen and oxygen atoms in total. The molecule has 0 bridgehead atoms. The number of nitrogens with zero attached hydrogens (tertiary/aromatic N) is 4. The van der Waals surface area contributed by atoms with Crippen LogP contribution < -0.4 is 22.1 Å². The summed E-state index contributed by atoms with van der Waals surface area (Å²) >= 11 is 0. The van der Waals surface area contributed by atoms with Crippen LogP contribution in [0.2, 0.25) is 0 Å². The molecule has 1 atom stereocenters. The van der Waals surface area contributed by atoms with Gasteiger partial charge >= 0.3 is 0 Å². The summed E-state index contributed by atoms with van der Waals surface area (Å²) in [7, 11) is 0. The molecule has 0 aliphatic heterocycles. The number of aromatic nitrogens is 4. The molecule has 10 heteroatoms. The molecule has 2 heterocycles. The van der Waals surface area contributed by atoms with E-state index in [2.05, 4.69) is 30.8 Å². The van der Waals surface area contributed by atoms with Crippen molar-refractivity contribution < 1.29 is 9.59 Å². The van der Waals surface area contributed by atoms with E-state index in [4.69, 9.17) is 11.5 Å². The van der Waals surface area contributed by atoms with Crippen molar-refractivity contribution in [3.05, 3.63) is 42.2 Å². The molecule has 0 spiro atoms. The number of nitrogens with one attached hydrogen (secondary N) is 2. The zero-order chi connectivity index (χ0) is 19.4. The van der Waals surface area contributed by atoms with E-state index in [0.29, 0.717) is 12.1 Å². The van der Waals surface area contributed by atoms with Gasteiger partial charge < -0.3 is 22.1 Å². The Labute approximate surface area is 154 Å². The lowest BCUT2D eigenvalue weighted by molar-refractivity contribution is -0.118. The third-order valence-corrected chi connectivity index (χ3v) is 3.83. The Morgan fingerprint density at radius 2 is 1.96 bits per heavy atom. The third kappa shape index (κ3) is 4.06. The average Bonchev–Trinajstić information content (AvgIpc) is 2.65. The lowest BCUT2D eigenvalue weighted by Crippen LogP contribution is -2.35. The molecule has 0 saturated heterocycles. The lowest BCUT2D eigenvalue weighted by Gasteiger charge is -2.14. The lowest BCUT2D eigenvalue weighted by atomic mass is 10.2. The van der Waals surface area contributed by atoms with E-state index in [1.807, 2.05) is 30.3 Å². The predicted octanol–water partition coefficient (Wildman–Crippen LogP) is 0.938. The molecular formula is C17H18N8O2. The molecule has 27 heavy (non-hydrogen) atoms. The maximum absolute atomic E-state index is 11.7. The molecule has 0 unspecified atom stereocenters. The van der Waals surface area contributed by atoms with Crippen LogP contribution in [0.25, 0.3) is 10.9 Å². The number of fused-ring (bicyclic) bond motifs is 1. The van der Waals surface area contributed by atoms with Crippen LogP contribution in [0, 0.1) is 0 Å². The minimum absolute atomic E-state index is 0.0434. The summed E-state index contributed by atoms with van der Waals surface area (Å²) in [5.74, 6) is -1.20. The molecule has 0 fully saturated rings. The quantitative estimate of drug-likeness (QED) is 0.480. The Balaban J connectivity index is 1.94. The number of para-hydroxylation sites is 1. The number of rotatable bonds is 7. The Hall–Kier alpha value is -3.82. The van der Waals surface area contributed by atoms with Crippen molar-refractivity contribution in [1.82, 2.24) is 20.2 Å². The van der Waals surface area contributed by atoms with Crippen LogP contribution in [-0.2, 0) is 4.79 Å². The van der Waals surface area contributed by atoms with Gasteiger partial charge in [0.05, 0.1) is 17.4 Å². The van der Waals surface area contributed by atoms with E-state index in [9.17, 15) is 9.59 Å². The molecule has 2 aromatic heterocycles. The highest BCUT2D eigenvalue weighted by Crippen LogP contribution is 2.21. The zero-order valence-corrected chi connectivity index (χ0v) is 14.5. The van der Waals surface area contributed by atoms with Gasteiger partial charge in [0.1, 0.15) is 6.04 Å². The summed E-state index contributed by atoms with van der Waals surface area (Å²) < 4.78 is 0. The van der Waals surface area contributed by atoms with E-state index in [1.54, 1.807) is 13.1 Å². The Morgan fingerprint density at radius 3 is 2.67 bits per heavy atom. The summed E-state index contributed by atoms with van der Waals surface area (Å²) in [6.07, 6.45) is 2.04. The molecule has 3 aromatic rings. The highest BCUT2D eigenvalue weighted by Gasteiger charge is 2.18. The van der Waals surface area contributed by atoms with E-state index >= 15 is 0 Å². The van der Waals surface area contributed by atoms with Gasteiger partial charge in [-0.25, -0.2) is 0 Å². The molecule has 6 N–H and O–H groups in total. The molecule has 2 amide bonds. The second kappa shape index (κ2) is 7.60. The van der Waals surface area contributed by atoms with E-state index < -0.39 is 17.9 Å². The summed E-state index contributed by atoms with van der Waals surface area (Å²) in [4.78, 5) is 31.6. The number of nitrogens with two attached hydrogens (primary N) is 2. The van der Waals surface area contributed by atoms with Crippen LogP contribution in [0.5, 0.6) is 0 Å². The van der Waals surface area contributed by atoms with E-state index in [-0.39, 0.29) is 17.5 Å². The van der Waals surface area contributed by atoms with Crippen LogP contribution in [0.4, 0.5) is 17.5 Å². The first-order chi connectivity index (χ1) is 13.0. The Kier molecular flexibility index (Phi) is 5.06. The van der Waals surface area contributed by atoms with Crippen molar-refractivity contribution in [2.45, 2.75) is 19.4 Å². The van der Waals surface area contributed by atoms with Crippen LogP contribution >= 0.6 is 0 Å². The molecule has 0 saturated carbocycles. The maximum Gasteiger partial charge on any atom is 0.273 e. The molecule has 138 valence electrons. The molecule has 0 aliphatic rings. The van der Waals surface area contributed by atoms with Crippen molar-refractivity contribution in [1.29, 1.82) is 0 Å². The first-order valence-corrected chi connectivity index (χ1v) is 8.20. The second-order valence-electron chi connectivity index (χ2n) is 5.75. The summed E-state index contributed by atoms with van der Waals surface area (Å²) in [6, 6.07) is 8.76. The highest BCUT2D eigenvalue weighted by molar-refractivity contribution is 5.96. The maximum atomic E-state index is 11.7. The Morgan fingerprint density at radius 1 is 1.19 bits per heavy atom. The summed E-state index contributed by atoms with van der Waals surface area (Å²) in [5.41, 5.74) is 11.9. The molecule has 3 rings (SSSR count). The van der Waals surface area contributed by atoms with E-state index in [0.717, 1.165) is 10.9 Å². The topological polar surface area (TPSA) is 162 Å². The summed E-state index contributed by atoms with van der Waals surface area (Å²) in [5, 5.41) is 14.2. The fraction of sp³-hybridized carbons (Fsp3) is 0.176. The smallest absolute Gasteiger partial charge is 0.273 e. The number of primary amides is 2. The van der Waals surface area contributed by atoms with Crippen LogP contribution in [0.1, 0.15) is 23.8 Å². The van der Waals surface area contributed by atoms with Gasteiger partial charge in [-0.05, 0) is 18.6 Å². The molecule has 1 aromatic carbocycles. The van der Waals surface area contributed by atoms with Crippen molar-refractivity contribution in [2.75, 3.05) is 10.6 Å². The second-order valence-corrected chi connectivity index (χ2v) is 5.75. The minimum atomic E-state index is -0.792. The minimum Gasteiger partial charge on any atom is -0.368 e. The number of carbonyl (C=O) groups is 2. The largest absolute Gasteiger partial charge is 0.368 e. The van der Waals surface area contributed by atoms with Crippen LogP contribution in [0.15, 0.2) is 36.5 Å². The van der Waals surface area contributed by atoms with Crippen molar-refractivity contribution >= 4 is 40.2 Å². The monoisotopic (exact) mass is 366 g/mol. The van der Waals surface area contributed by atoms with Gasteiger partial charge in [-0.3, -0.25) is 14.6 Å². The van der Waals surface area contributed by atoms with Gasteiger partial charge in [0.2, 0.25) is 11.9 Å². The normalized spacial score (nSPS) is 11.7. The number of carbonyl (C=O) groups excluding carboxylic acids is 2. The fourth-order valence-corrected chi connectivity index (χ4v) is 2.45. The molecule has 0 radical (unpaired) electrons. The third-order valence-electron chi connectivity index (χ3n) is 3.83. The molecular weight excluding hydrogens is 348 g/mol. The van der Waals surface area contributed by atoms with Crippen molar-refractivity contribution in [3.8, 4) is 0 Å². The first kappa shape index (κ1) is 18.0. The van der Waals surface area contributed by atoms with Gasteiger partial charge in [-0.1, -0.05) is 25.1 Å². The number of benzene rings is 1. The number of anilines is 3. The number of pyridine rings is 1. The number of amides is 2. The number of hydrogen-bond acceptors (Lipinski definition) is 8. The van der Waals surface area contributed by atoms with Crippen LogP contribution in [-0.4, -0.2) is 38.0 Å². The van der Waals surface area contributed by atoms with Crippen molar-refractivity contribution in [2.24, 2.45) is 11.5 Å². The van der Waals surface area contributed by atoms with Gasteiger partial charge in [-0.15, -0.1) is 10.2 Å². The van der Waals surface area contributed by atoms with Crippen LogP contribution in [0.3, 0.4) is 0 Å². The SMILES string of the molecule is CC[C@@H](Nc1nnc(C(N)=O)c(Nc2cnc3ccccc3c2)n1)C(N)=O. The number of hydrogen-bond donors (Lipinski definition) is 4. The van der Waals surface area contributed by atoms with Gasteiger partial charge in [-0.2, -0.15) is 4.98 Å². The van der Waals surface area contributed by atoms with Gasteiger partial charge in [0.25, 0.3) is 5.91 Å². The van der Waals surface area contributed by atoms with Crippen molar-refractivity contribution in [3.63, 3.8) is 0 Å². The standard InChI is InChI=1S/C17H18N8O2/c1-2-11(14(18)26)22-17-23-16(13(15(19)27)24-25-17)21-10-7-9-5-3-4-6-12(9)20-8-10/h3-8,11H,2H2,1H3,(H2,18,26)(H2,19,27)(H2,21,22,23,25)/t11-/m1/s1. The zero-order valence-electron chi connectivity index (χ0n) is 14.5. The highest BCUT2D eigenvalue weighted by atomic mass is 16.1. The average molecular weight is 366 g/mol. The van der Waals surface area contributed by atoms with Gasteiger partial charge in [0.15, 0.2) is 11.5 Å². The first-order valence-electron chi connectivity index (χ1n) is 8.20. The van der Waals surface area contributed by atoms with E-state index in [1.165, 1.54) is 0 Å². The van der Waals surface area contributed by atoms with Gasteiger partial charge in [0, 0.05) is 5.39 Å². The summed E-state index contributed by atoms with van der Waals surface area (Å²) in [6.45, 7) is 1.79. The predicted molar refractivity (Wildman–Crippen MR) is 100 cm³/mol.